The number of halogens is 1. The Morgan fingerprint density at radius 3 is 2.31 bits per heavy atom. The van der Waals surface area contributed by atoms with Crippen LogP contribution in [0.2, 0.25) is 5.02 Å². The minimum Gasteiger partial charge on any atom is -0.386 e. The Labute approximate surface area is 190 Å². The van der Waals surface area contributed by atoms with Crippen LogP contribution in [0.3, 0.4) is 0 Å². The van der Waals surface area contributed by atoms with E-state index in [1.54, 1.807) is 31.2 Å². The highest BCUT2D eigenvalue weighted by molar-refractivity contribution is 6.30. The second-order valence-electron chi connectivity index (χ2n) is 7.61. The molecule has 1 aromatic heterocycles. The van der Waals surface area contributed by atoms with E-state index in [1.807, 2.05) is 0 Å². The standard InChI is InChI=1S/C22H23ClN4O5/c1-15-24-20(16-5-7-17(23)8-6-16)26-21(25-15)32-22(11-14-27-12-3-2-4-13-27)30-18(28)9-10-19(29)31-22/h5-10H,2-4,11-14H2,1H3. The van der Waals surface area contributed by atoms with E-state index in [0.717, 1.165) is 38.1 Å². The van der Waals surface area contributed by atoms with Crippen LogP contribution in [0, 0.1) is 6.92 Å². The van der Waals surface area contributed by atoms with Crippen molar-refractivity contribution in [3.63, 3.8) is 0 Å². The second kappa shape index (κ2) is 9.62. The number of esters is 2. The van der Waals surface area contributed by atoms with Crippen LogP contribution in [0.15, 0.2) is 36.4 Å². The van der Waals surface area contributed by atoms with Gasteiger partial charge >= 0.3 is 23.9 Å². The number of hydrogen-bond acceptors (Lipinski definition) is 9. The van der Waals surface area contributed by atoms with Crippen LogP contribution < -0.4 is 4.74 Å². The van der Waals surface area contributed by atoms with Crippen molar-refractivity contribution in [1.82, 2.24) is 19.9 Å². The fourth-order valence-corrected chi connectivity index (χ4v) is 3.70. The number of cyclic esters (lactones) is 2. The number of ether oxygens (including phenoxy) is 3. The van der Waals surface area contributed by atoms with Gasteiger partial charge in [-0.2, -0.15) is 9.97 Å². The van der Waals surface area contributed by atoms with Gasteiger partial charge in [-0.15, -0.1) is 0 Å². The predicted molar refractivity (Wildman–Crippen MR) is 115 cm³/mol. The van der Waals surface area contributed by atoms with E-state index in [1.165, 1.54) is 6.42 Å². The van der Waals surface area contributed by atoms with Crippen LogP contribution in [0.25, 0.3) is 11.4 Å². The minimum absolute atomic E-state index is 0.104. The highest BCUT2D eigenvalue weighted by Gasteiger charge is 2.44. The molecule has 0 spiro atoms. The molecule has 3 heterocycles. The molecule has 1 aromatic carbocycles. The molecular formula is C22H23ClN4O5. The molecule has 2 aliphatic heterocycles. The number of aromatic nitrogens is 3. The first-order chi connectivity index (χ1) is 15.4. The highest BCUT2D eigenvalue weighted by atomic mass is 35.5. The third kappa shape index (κ3) is 5.60. The summed E-state index contributed by atoms with van der Waals surface area (Å²) in [4.78, 5) is 39.4. The van der Waals surface area contributed by atoms with Crippen molar-refractivity contribution in [2.45, 2.75) is 38.6 Å². The first-order valence-corrected chi connectivity index (χ1v) is 10.8. The van der Waals surface area contributed by atoms with Crippen molar-refractivity contribution < 1.29 is 23.8 Å². The van der Waals surface area contributed by atoms with Gasteiger partial charge in [-0.25, -0.2) is 14.6 Å². The summed E-state index contributed by atoms with van der Waals surface area (Å²) in [6, 6.07) is 6.85. The van der Waals surface area contributed by atoms with Crippen molar-refractivity contribution in [2.75, 3.05) is 19.6 Å². The molecule has 0 aliphatic carbocycles. The largest absolute Gasteiger partial charge is 0.425 e. The number of nitrogens with zero attached hydrogens (tertiary/aromatic N) is 4. The number of rotatable bonds is 6. The Morgan fingerprint density at radius 2 is 1.66 bits per heavy atom. The minimum atomic E-state index is -1.99. The number of carbonyl (C=O) groups excluding carboxylic acids is 2. The third-order valence-corrected chi connectivity index (χ3v) is 5.38. The number of piperidine rings is 1. The van der Waals surface area contributed by atoms with E-state index in [0.29, 0.717) is 28.8 Å². The molecule has 0 bridgehead atoms. The maximum atomic E-state index is 12.2. The van der Waals surface area contributed by atoms with Gasteiger partial charge in [0.25, 0.3) is 0 Å². The molecule has 0 radical (unpaired) electrons. The van der Waals surface area contributed by atoms with Gasteiger partial charge in [0.2, 0.25) is 0 Å². The fourth-order valence-electron chi connectivity index (χ4n) is 3.57. The van der Waals surface area contributed by atoms with Crippen molar-refractivity contribution in [1.29, 1.82) is 0 Å². The average molecular weight is 459 g/mol. The van der Waals surface area contributed by atoms with E-state index in [9.17, 15) is 9.59 Å². The summed E-state index contributed by atoms with van der Waals surface area (Å²) in [5.41, 5.74) is 0.698. The maximum Gasteiger partial charge on any atom is 0.425 e. The summed E-state index contributed by atoms with van der Waals surface area (Å²) in [5, 5.41) is 0.581. The molecule has 0 unspecified atom stereocenters. The van der Waals surface area contributed by atoms with Crippen molar-refractivity contribution in [3.05, 3.63) is 47.3 Å². The lowest BCUT2D eigenvalue weighted by molar-refractivity contribution is -0.309. The van der Waals surface area contributed by atoms with E-state index in [-0.39, 0.29) is 12.4 Å². The molecule has 10 heteroatoms. The zero-order valence-corrected chi connectivity index (χ0v) is 18.4. The average Bonchev–Trinajstić information content (AvgIpc) is 2.91. The van der Waals surface area contributed by atoms with Crippen molar-refractivity contribution >= 4 is 23.5 Å². The molecule has 0 saturated carbocycles. The van der Waals surface area contributed by atoms with E-state index in [4.69, 9.17) is 25.8 Å². The SMILES string of the molecule is Cc1nc(OC2(CCN3CCCCC3)OC(=O)C=CC(=O)O2)nc(-c2ccc(Cl)cc2)n1. The van der Waals surface area contributed by atoms with Gasteiger partial charge in [0.1, 0.15) is 5.82 Å². The summed E-state index contributed by atoms with van der Waals surface area (Å²) >= 11 is 5.97. The first-order valence-electron chi connectivity index (χ1n) is 10.4. The Kier molecular flexibility index (Phi) is 6.66. The van der Waals surface area contributed by atoms with Gasteiger partial charge in [0.15, 0.2) is 5.82 Å². The fraction of sp³-hybridized carbons (Fsp3) is 0.409. The molecule has 9 nitrogen and oxygen atoms in total. The number of likely N-dealkylation sites (tertiary alicyclic amines) is 1. The Hall–Kier alpha value is -3.04. The molecule has 2 aromatic rings. The van der Waals surface area contributed by atoms with Gasteiger partial charge < -0.3 is 19.1 Å². The summed E-state index contributed by atoms with van der Waals surface area (Å²) in [6.07, 6.45) is 5.48. The molecule has 4 rings (SSSR count). The van der Waals surface area contributed by atoms with Gasteiger partial charge in [0.05, 0.1) is 6.42 Å². The van der Waals surface area contributed by atoms with Crippen molar-refractivity contribution in [2.24, 2.45) is 0 Å². The summed E-state index contributed by atoms with van der Waals surface area (Å²) in [7, 11) is 0. The van der Waals surface area contributed by atoms with Crippen LogP contribution in [0.1, 0.15) is 31.5 Å². The topological polar surface area (TPSA) is 104 Å². The maximum absolute atomic E-state index is 12.2. The van der Waals surface area contributed by atoms with Gasteiger partial charge in [0, 0.05) is 29.3 Å². The lowest BCUT2D eigenvalue weighted by atomic mass is 10.1. The highest BCUT2D eigenvalue weighted by Crippen LogP contribution is 2.27. The smallest absolute Gasteiger partial charge is 0.386 e. The predicted octanol–water partition coefficient (Wildman–Crippen LogP) is 3.07. The first kappa shape index (κ1) is 22.2. The van der Waals surface area contributed by atoms with Crippen LogP contribution in [0.5, 0.6) is 6.01 Å². The lowest BCUT2D eigenvalue weighted by Crippen LogP contribution is -2.47. The van der Waals surface area contributed by atoms with Crippen LogP contribution in [0.4, 0.5) is 0 Å². The zero-order valence-electron chi connectivity index (χ0n) is 17.6. The summed E-state index contributed by atoms with van der Waals surface area (Å²) in [6.45, 7) is 4.03. The quantitative estimate of drug-likeness (QED) is 0.604. The van der Waals surface area contributed by atoms with Gasteiger partial charge in [-0.3, -0.25) is 0 Å². The van der Waals surface area contributed by atoms with Crippen LogP contribution in [-0.2, 0) is 19.1 Å². The molecular weight excluding hydrogens is 436 g/mol. The molecule has 168 valence electrons. The molecule has 32 heavy (non-hydrogen) atoms. The van der Waals surface area contributed by atoms with Crippen LogP contribution in [-0.4, -0.2) is 57.4 Å². The number of aryl methyl sites for hydroxylation is 1. The molecule has 0 amide bonds. The van der Waals surface area contributed by atoms with Gasteiger partial charge in [-0.1, -0.05) is 18.0 Å². The van der Waals surface area contributed by atoms with Crippen molar-refractivity contribution in [3.8, 4) is 17.4 Å². The summed E-state index contributed by atoms with van der Waals surface area (Å²) < 4.78 is 16.7. The van der Waals surface area contributed by atoms with E-state index < -0.39 is 17.9 Å². The Morgan fingerprint density at radius 1 is 1.00 bits per heavy atom. The summed E-state index contributed by atoms with van der Waals surface area (Å²) in [5.74, 6) is -2.76. The molecule has 1 saturated heterocycles. The Balaban J connectivity index is 1.62. The van der Waals surface area contributed by atoms with E-state index >= 15 is 0 Å². The van der Waals surface area contributed by atoms with E-state index in [2.05, 4.69) is 19.9 Å². The second-order valence-corrected chi connectivity index (χ2v) is 8.05. The normalized spacial score (nSPS) is 18.6. The third-order valence-electron chi connectivity index (χ3n) is 5.13. The molecule has 2 aliphatic rings. The number of carbonyl (C=O) groups is 2. The lowest BCUT2D eigenvalue weighted by Gasteiger charge is -2.33. The van der Waals surface area contributed by atoms with Gasteiger partial charge in [-0.05, 0) is 57.1 Å². The van der Waals surface area contributed by atoms with Crippen LogP contribution >= 0.6 is 11.6 Å². The number of benzene rings is 1. The zero-order chi connectivity index (χ0) is 22.6. The molecule has 1 fully saturated rings. The molecule has 0 N–H and O–H groups in total. The monoisotopic (exact) mass is 458 g/mol. The molecule has 0 atom stereocenters. The Bertz CT molecular complexity index is 1000. The number of hydrogen-bond donors (Lipinski definition) is 0.